The van der Waals surface area contributed by atoms with Gasteiger partial charge in [0.15, 0.2) is 0 Å². The second-order valence-corrected chi connectivity index (χ2v) is 4.76. The van der Waals surface area contributed by atoms with Gasteiger partial charge in [0.05, 0.1) is 11.8 Å². The van der Waals surface area contributed by atoms with Crippen molar-refractivity contribution >= 4 is 11.9 Å². The van der Waals surface area contributed by atoms with E-state index in [4.69, 9.17) is 5.11 Å². The van der Waals surface area contributed by atoms with Crippen molar-refractivity contribution in [2.75, 3.05) is 0 Å². The molecule has 0 saturated carbocycles. The minimum Gasteiger partial charge on any atom is -0.481 e. The molecule has 0 aromatic rings. The summed E-state index contributed by atoms with van der Waals surface area (Å²) in [4.78, 5) is 22.8. The van der Waals surface area contributed by atoms with Gasteiger partial charge < -0.3 is 10.4 Å². The molecule has 0 spiro atoms. The average molecular weight is 283 g/mol. The molecule has 0 bridgehead atoms. The highest BCUT2D eigenvalue weighted by atomic mass is 19.4. The molecule has 0 radical (unpaired) electrons. The van der Waals surface area contributed by atoms with Gasteiger partial charge in [-0.3, -0.25) is 9.59 Å². The smallest absolute Gasteiger partial charge is 0.391 e. The highest BCUT2D eigenvalue weighted by Crippen LogP contribution is 2.31. The van der Waals surface area contributed by atoms with Gasteiger partial charge in [0, 0.05) is 12.5 Å². The second-order valence-electron chi connectivity index (χ2n) is 4.76. The Balaban J connectivity index is 4.56. The van der Waals surface area contributed by atoms with Crippen LogP contribution in [0.1, 0.15) is 46.5 Å². The normalized spacial score (nSPS) is 14.0. The number of hydrogen-bond donors (Lipinski definition) is 2. The molecule has 0 saturated heterocycles. The lowest BCUT2D eigenvalue weighted by Crippen LogP contribution is -2.41. The lowest BCUT2D eigenvalue weighted by molar-refractivity contribution is -0.153. The Labute approximate surface area is 110 Å². The number of carbonyl (C=O) groups is 2. The van der Waals surface area contributed by atoms with Crippen LogP contribution in [0, 0.1) is 5.41 Å². The summed E-state index contributed by atoms with van der Waals surface area (Å²) < 4.78 is 36.3. The van der Waals surface area contributed by atoms with Crippen LogP contribution in [0.2, 0.25) is 0 Å². The Hall–Kier alpha value is -1.27. The van der Waals surface area contributed by atoms with Crippen LogP contribution in [-0.4, -0.2) is 29.2 Å². The predicted molar refractivity (Wildman–Crippen MR) is 63.5 cm³/mol. The van der Waals surface area contributed by atoms with E-state index in [2.05, 4.69) is 5.32 Å². The maximum atomic E-state index is 12.1. The zero-order valence-corrected chi connectivity index (χ0v) is 11.3. The number of amides is 1. The van der Waals surface area contributed by atoms with Crippen LogP contribution in [-0.2, 0) is 9.59 Å². The third-order valence-corrected chi connectivity index (χ3v) is 3.25. The summed E-state index contributed by atoms with van der Waals surface area (Å²) in [5.74, 6) is -1.76. The van der Waals surface area contributed by atoms with Crippen LogP contribution in [0.25, 0.3) is 0 Å². The van der Waals surface area contributed by atoms with Crippen LogP contribution in [0.5, 0.6) is 0 Å². The van der Waals surface area contributed by atoms with Gasteiger partial charge in [-0.05, 0) is 19.8 Å². The summed E-state index contributed by atoms with van der Waals surface area (Å²) >= 11 is 0. The summed E-state index contributed by atoms with van der Waals surface area (Å²) in [6.07, 6.45) is -5.29. The Bertz CT molecular complexity index is 325. The van der Waals surface area contributed by atoms with E-state index < -0.39 is 35.9 Å². The largest absolute Gasteiger partial charge is 0.481 e. The van der Waals surface area contributed by atoms with Crippen LogP contribution < -0.4 is 5.32 Å². The van der Waals surface area contributed by atoms with E-state index in [-0.39, 0.29) is 19.3 Å². The van der Waals surface area contributed by atoms with Gasteiger partial charge in [-0.25, -0.2) is 0 Å². The summed E-state index contributed by atoms with van der Waals surface area (Å²) in [5, 5.41) is 11.3. The van der Waals surface area contributed by atoms with E-state index in [1.54, 1.807) is 13.8 Å². The van der Waals surface area contributed by atoms with Gasteiger partial charge in [0.25, 0.3) is 0 Å². The van der Waals surface area contributed by atoms with E-state index in [1.165, 1.54) is 6.92 Å². The van der Waals surface area contributed by atoms with Gasteiger partial charge >= 0.3 is 12.1 Å². The van der Waals surface area contributed by atoms with Crippen molar-refractivity contribution < 1.29 is 27.9 Å². The average Bonchev–Trinajstić information content (AvgIpc) is 2.22. The number of aliphatic carboxylic acids is 1. The lowest BCUT2D eigenvalue weighted by Gasteiger charge is -2.26. The molecular weight excluding hydrogens is 263 g/mol. The summed E-state index contributed by atoms with van der Waals surface area (Å²) in [6.45, 7) is 4.53. The van der Waals surface area contributed by atoms with Crippen LogP contribution >= 0.6 is 0 Å². The van der Waals surface area contributed by atoms with E-state index in [0.717, 1.165) is 0 Å². The number of hydrogen-bond acceptors (Lipinski definition) is 2. The van der Waals surface area contributed by atoms with Crippen molar-refractivity contribution in [3.05, 3.63) is 0 Å². The molecule has 112 valence electrons. The predicted octanol–water partition coefficient (Wildman–Crippen LogP) is 2.72. The van der Waals surface area contributed by atoms with E-state index in [9.17, 15) is 22.8 Å². The maximum absolute atomic E-state index is 12.1. The first-order valence-corrected chi connectivity index (χ1v) is 6.16. The Morgan fingerprint density at radius 3 is 2.00 bits per heavy atom. The molecule has 0 fully saturated rings. The van der Waals surface area contributed by atoms with Gasteiger partial charge in [-0.1, -0.05) is 13.8 Å². The highest BCUT2D eigenvalue weighted by Gasteiger charge is 2.38. The van der Waals surface area contributed by atoms with E-state index in [0.29, 0.717) is 0 Å². The van der Waals surface area contributed by atoms with Gasteiger partial charge in [-0.2, -0.15) is 13.2 Å². The molecule has 0 aliphatic carbocycles. The summed E-state index contributed by atoms with van der Waals surface area (Å²) in [7, 11) is 0. The molecule has 2 N–H and O–H groups in total. The molecule has 0 aromatic heterocycles. The number of carbonyl (C=O) groups excluding carboxylic acids is 1. The van der Waals surface area contributed by atoms with Gasteiger partial charge in [0.2, 0.25) is 5.91 Å². The lowest BCUT2D eigenvalue weighted by atomic mass is 9.79. The van der Waals surface area contributed by atoms with Gasteiger partial charge in [-0.15, -0.1) is 0 Å². The first-order chi connectivity index (χ1) is 8.56. The Morgan fingerprint density at radius 1 is 1.21 bits per heavy atom. The molecule has 1 unspecified atom stereocenters. The van der Waals surface area contributed by atoms with E-state index in [1.807, 2.05) is 0 Å². The van der Waals surface area contributed by atoms with Crippen molar-refractivity contribution in [1.29, 1.82) is 0 Å². The first-order valence-electron chi connectivity index (χ1n) is 6.16. The zero-order valence-electron chi connectivity index (χ0n) is 11.3. The van der Waals surface area contributed by atoms with Crippen molar-refractivity contribution in [3.63, 3.8) is 0 Å². The van der Waals surface area contributed by atoms with Crippen molar-refractivity contribution in [2.45, 2.75) is 58.7 Å². The standard InChI is InChI=1S/C12H20F3NO3/c1-4-11(5-2,10(18)19)7-9(17)16-8(3)6-12(13,14)15/h8H,4-7H2,1-3H3,(H,16,17)(H,18,19). The maximum Gasteiger partial charge on any atom is 0.391 e. The number of alkyl halides is 3. The fourth-order valence-electron chi connectivity index (χ4n) is 1.91. The number of rotatable bonds is 7. The van der Waals surface area contributed by atoms with Crippen LogP contribution in [0.4, 0.5) is 13.2 Å². The van der Waals surface area contributed by atoms with Crippen molar-refractivity contribution in [1.82, 2.24) is 5.32 Å². The zero-order chi connectivity index (χ0) is 15.3. The molecule has 4 nitrogen and oxygen atoms in total. The summed E-state index contributed by atoms with van der Waals surface area (Å²) in [6, 6.07) is -1.06. The highest BCUT2D eigenvalue weighted by molar-refractivity contribution is 5.85. The number of nitrogens with one attached hydrogen (secondary N) is 1. The molecule has 7 heteroatoms. The van der Waals surface area contributed by atoms with Crippen LogP contribution in [0.15, 0.2) is 0 Å². The number of carboxylic acids is 1. The molecule has 0 aromatic carbocycles. The molecule has 0 rings (SSSR count). The third-order valence-electron chi connectivity index (χ3n) is 3.25. The third kappa shape index (κ3) is 5.94. The molecular formula is C12H20F3NO3. The quantitative estimate of drug-likeness (QED) is 0.755. The minimum atomic E-state index is -4.36. The summed E-state index contributed by atoms with van der Waals surface area (Å²) in [5.41, 5.74) is -1.21. The molecule has 1 amide bonds. The molecule has 0 aliphatic rings. The fourth-order valence-corrected chi connectivity index (χ4v) is 1.91. The molecule has 0 aliphatic heterocycles. The minimum absolute atomic E-state index is 0.250. The Morgan fingerprint density at radius 2 is 1.68 bits per heavy atom. The monoisotopic (exact) mass is 283 g/mol. The van der Waals surface area contributed by atoms with Crippen LogP contribution in [0.3, 0.4) is 0 Å². The number of carboxylic acid groups (broad SMARTS) is 1. The topological polar surface area (TPSA) is 66.4 Å². The molecule has 1 atom stereocenters. The first kappa shape index (κ1) is 17.7. The SMILES string of the molecule is CCC(CC)(CC(=O)NC(C)CC(F)(F)F)C(=O)O. The van der Waals surface area contributed by atoms with Crippen molar-refractivity contribution in [3.8, 4) is 0 Å². The molecule has 19 heavy (non-hydrogen) atoms. The van der Waals surface area contributed by atoms with E-state index >= 15 is 0 Å². The van der Waals surface area contributed by atoms with Gasteiger partial charge in [0.1, 0.15) is 0 Å². The number of halogens is 3. The van der Waals surface area contributed by atoms with Crippen molar-refractivity contribution in [2.24, 2.45) is 5.41 Å². The second kappa shape index (κ2) is 6.77. The fraction of sp³-hybridized carbons (Fsp3) is 0.833. The molecule has 0 heterocycles. The Kier molecular flexibility index (Phi) is 6.32.